The Bertz CT molecular complexity index is 1300. The minimum atomic E-state index is -0.298. The van der Waals surface area contributed by atoms with Gasteiger partial charge >= 0.3 is 0 Å². The van der Waals surface area contributed by atoms with E-state index in [1.165, 1.54) is 0 Å². The van der Waals surface area contributed by atoms with Gasteiger partial charge in [-0.25, -0.2) is 0 Å². The van der Waals surface area contributed by atoms with Gasteiger partial charge in [0.25, 0.3) is 0 Å². The van der Waals surface area contributed by atoms with Gasteiger partial charge in [0.2, 0.25) is 0 Å². The second kappa shape index (κ2) is 10.0. The maximum absolute atomic E-state index is 13.9. The number of aliphatic hydroxyl groups excluding tert-OH is 1. The minimum absolute atomic E-state index is 0.116. The summed E-state index contributed by atoms with van der Waals surface area (Å²) in [4.78, 5) is 26.2. The van der Waals surface area contributed by atoms with Crippen molar-refractivity contribution < 1.29 is 14.7 Å². The Morgan fingerprint density at radius 2 is 1.85 bits per heavy atom. The minimum Gasteiger partial charge on any atom is -0.396 e. The third kappa shape index (κ3) is 4.25. The smallest absolute Gasteiger partial charge is 0.193 e. The maximum atomic E-state index is 13.9. The molecule has 1 aliphatic rings. The first-order chi connectivity index (χ1) is 16.5. The number of aliphatic hydroxyl groups is 1. The number of carbonyl (C=O) groups is 2. The first-order valence-electron chi connectivity index (χ1n) is 11.5. The lowest BCUT2D eigenvalue weighted by Gasteiger charge is -2.27. The highest BCUT2D eigenvalue weighted by Crippen LogP contribution is 2.42. The summed E-state index contributed by atoms with van der Waals surface area (Å²) in [5.74, 6) is -0.440. The van der Waals surface area contributed by atoms with Gasteiger partial charge in [-0.3, -0.25) is 9.59 Å². The van der Waals surface area contributed by atoms with E-state index < -0.39 is 0 Å². The molecular weight excluding hydrogens is 422 g/mol. The van der Waals surface area contributed by atoms with Crippen LogP contribution in [0.4, 0.5) is 0 Å². The van der Waals surface area contributed by atoms with Crippen molar-refractivity contribution in [3.8, 4) is 11.1 Å². The highest BCUT2D eigenvalue weighted by molar-refractivity contribution is 6.15. The molecule has 0 saturated heterocycles. The molecule has 0 amide bonds. The Labute approximate surface area is 200 Å². The molecule has 4 rings (SSSR count). The van der Waals surface area contributed by atoms with Crippen molar-refractivity contribution >= 4 is 17.8 Å². The summed E-state index contributed by atoms with van der Waals surface area (Å²) in [5.41, 5.74) is 7.73. The average Bonchev–Trinajstić information content (AvgIpc) is 2.89. The average molecular weight is 452 g/mol. The van der Waals surface area contributed by atoms with Crippen molar-refractivity contribution in [3.05, 3.63) is 112 Å². The standard InChI is InChI=1S/C30H29NO3/c1-19-10-9-13-24(21(19)3)28-25(30(34)22-11-5-4-6-12-22)16-23(18-33)27(20(2)17-32)29(28)26-14-7-8-15-31-26/h4-6,8-16,18,20,31-32H,7,17H2,1-3H3/t20-/m0/s1. The number of aldehydes is 1. The van der Waals surface area contributed by atoms with Gasteiger partial charge in [-0.1, -0.05) is 67.6 Å². The van der Waals surface area contributed by atoms with E-state index in [1.807, 2.05) is 49.5 Å². The van der Waals surface area contributed by atoms with Gasteiger partial charge < -0.3 is 10.4 Å². The molecule has 34 heavy (non-hydrogen) atoms. The van der Waals surface area contributed by atoms with E-state index in [0.29, 0.717) is 16.7 Å². The van der Waals surface area contributed by atoms with Gasteiger partial charge in [0, 0.05) is 46.0 Å². The maximum Gasteiger partial charge on any atom is 0.193 e. The first kappa shape index (κ1) is 23.4. The van der Waals surface area contributed by atoms with E-state index in [1.54, 1.807) is 18.2 Å². The summed E-state index contributed by atoms with van der Waals surface area (Å²) >= 11 is 0. The fraction of sp³-hybridized carbons (Fsp3) is 0.200. The molecule has 172 valence electrons. The van der Waals surface area contributed by atoms with Crippen molar-refractivity contribution in [1.82, 2.24) is 5.32 Å². The lowest BCUT2D eigenvalue weighted by molar-refractivity contribution is 0.103. The Morgan fingerprint density at radius 3 is 2.50 bits per heavy atom. The molecule has 0 aliphatic carbocycles. The van der Waals surface area contributed by atoms with Crippen molar-refractivity contribution in [2.24, 2.45) is 0 Å². The largest absolute Gasteiger partial charge is 0.396 e. The number of rotatable bonds is 7. The highest BCUT2D eigenvalue weighted by Gasteiger charge is 2.28. The normalized spacial score (nSPS) is 13.7. The quantitative estimate of drug-likeness (QED) is 0.344. The number of ketones is 1. The lowest BCUT2D eigenvalue weighted by atomic mass is 9.79. The summed E-state index contributed by atoms with van der Waals surface area (Å²) in [6, 6.07) is 16.9. The summed E-state index contributed by atoms with van der Waals surface area (Å²) < 4.78 is 0. The topological polar surface area (TPSA) is 66.4 Å². The van der Waals surface area contributed by atoms with E-state index in [9.17, 15) is 14.7 Å². The lowest BCUT2D eigenvalue weighted by Crippen LogP contribution is -2.18. The molecule has 0 unspecified atom stereocenters. The fourth-order valence-corrected chi connectivity index (χ4v) is 4.58. The van der Waals surface area contributed by atoms with E-state index in [-0.39, 0.29) is 18.3 Å². The second-order valence-corrected chi connectivity index (χ2v) is 8.72. The molecule has 1 aliphatic heterocycles. The van der Waals surface area contributed by atoms with E-state index >= 15 is 0 Å². The van der Waals surface area contributed by atoms with Gasteiger partial charge in [-0.2, -0.15) is 0 Å². The monoisotopic (exact) mass is 451 g/mol. The van der Waals surface area contributed by atoms with Crippen molar-refractivity contribution in [1.29, 1.82) is 0 Å². The molecule has 0 aromatic heterocycles. The van der Waals surface area contributed by atoms with Gasteiger partial charge in [0.05, 0.1) is 0 Å². The predicted octanol–water partition coefficient (Wildman–Crippen LogP) is 5.96. The predicted molar refractivity (Wildman–Crippen MR) is 137 cm³/mol. The van der Waals surface area contributed by atoms with Crippen molar-refractivity contribution in [2.45, 2.75) is 33.1 Å². The highest BCUT2D eigenvalue weighted by atomic mass is 16.3. The first-order valence-corrected chi connectivity index (χ1v) is 11.5. The van der Waals surface area contributed by atoms with Crippen molar-refractivity contribution in [3.63, 3.8) is 0 Å². The summed E-state index contributed by atoms with van der Waals surface area (Å²) in [5, 5.41) is 13.4. The number of dihydropyridines is 1. The molecule has 0 radical (unpaired) electrons. The van der Waals surface area contributed by atoms with Crippen LogP contribution in [0.2, 0.25) is 0 Å². The molecule has 0 bridgehead atoms. The zero-order chi connectivity index (χ0) is 24.2. The van der Waals surface area contributed by atoms with E-state index in [4.69, 9.17) is 0 Å². The Kier molecular flexibility index (Phi) is 6.90. The zero-order valence-electron chi connectivity index (χ0n) is 19.8. The molecule has 0 fully saturated rings. The third-order valence-electron chi connectivity index (χ3n) is 6.53. The molecule has 0 saturated carbocycles. The van der Waals surface area contributed by atoms with Crippen LogP contribution in [0.3, 0.4) is 0 Å². The second-order valence-electron chi connectivity index (χ2n) is 8.72. The Balaban J connectivity index is 2.17. The Hall–Kier alpha value is -3.76. The molecule has 3 aromatic carbocycles. The number of aryl methyl sites for hydroxylation is 1. The number of hydrogen-bond donors (Lipinski definition) is 2. The number of carbonyl (C=O) groups excluding carboxylic acids is 2. The molecule has 4 heteroatoms. The van der Waals surface area contributed by atoms with Crippen molar-refractivity contribution in [2.75, 3.05) is 6.61 Å². The van der Waals surface area contributed by atoms with Gasteiger partial charge in [0.1, 0.15) is 6.29 Å². The van der Waals surface area contributed by atoms with E-state index in [2.05, 4.69) is 31.3 Å². The number of hydrogen-bond acceptors (Lipinski definition) is 4. The van der Waals surface area contributed by atoms with Gasteiger partial charge in [-0.05, 0) is 54.8 Å². The van der Waals surface area contributed by atoms with Crippen LogP contribution in [0.15, 0.2) is 72.9 Å². The number of allylic oxidation sites excluding steroid dienone is 2. The van der Waals surface area contributed by atoms with Crippen LogP contribution in [0.5, 0.6) is 0 Å². The van der Waals surface area contributed by atoms with Crippen LogP contribution in [-0.4, -0.2) is 23.8 Å². The van der Waals surface area contributed by atoms with Gasteiger partial charge in [-0.15, -0.1) is 0 Å². The van der Waals surface area contributed by atoms with Crippen LogP contribution in [-0.2, 0) is 0 Å². The Morgan fingerprint density at radius 1 is 1.09 bits per heavy atom. The van der Waals surface area contributed by atoms with Crippen LogP contribution >= 0.6 is 0 Å². The number of nitrogens with one attached hydrogen (secondary N) is 1. The van der Waals surface area contributed by atoms with Crippen LogP contribution in [0, 0.1) is 13.8 Å². The SMILES string of the molecule is Cc1cccc(-c2c(C(=O)c3ccccc3)cc(C=O)c([C@@H](C)CO)c2C2=CCC=CN2)c1C. The summed E-state index contributed by atoms with van der Waals surface area (Å²) in [6.45, 7) is 5.89. The summed E-state index contributed by atoms with van der Waals surface area (Å²) in [6.07, 6.45) is 7.47. The third-order valence-corrected chi connectivity index (χ3v) is 6.53. The van der Waals surface area contributed by atoms with Crippen LogP contribution in [0.25, 0.3) is 16.8 Å². The molecule has 2 N–H and O–H groups in total. The summed E-state index contributed by atoms with van der Waals surface area (Å²) in [7, 11) is 0. The molecule has 0 spiro atoms. The fourth-order valence-electron chi connectivity index (χ4n) is 4.58. The molecule has 4 nitrogen and oxygen atoms in total. The zero-order valence-corrected chi connectivity index (χ0v) is 19.8. The van der Waals surface area contributed by atoms with Gasteiger partial charge in [0.15, 0.2) is 5.78 Å². The van der Waals surface area contributed by atoms with Crippen LogP contribution < -0.4 is 5.32 Å². The molecular formula is C30H29NO3. The van der Waals surface area contributed by atoms with E-state index in [0.717, 1.165) is 51.8 Å². The molecule has 1 atom stereocenters. The number of benzene rings is 3. The van der Waals surface area contributed by atoms with Crippen LogP contribution in [0.1, 0.15) is 67.8 Å². The molecule has 1 heterocycles. The molecule has 3 aromatic rings.